The summed E-state index contributed by atoms with van der Waals surface area (Å²) in [4.78, 5) is 24.0. The molecule has 4 atom stereocenters. The van der Waals surface area contributed by atoms with E-state index in [1.165, 1.54) is 6.07 Å². The molecule has 2 aromatic heterocycles. The Morgan fingerprint density at radius 2 is 2.00 bits per heavy atom. The number of hydrogen-bond acceptors (Lipinski definition) is 7. The first-order chi connectivity index (χ1) is 16.7. The summed E-state index contributed by atoms with van der Waals surface area (Å²) in [5.74, 6) is 0.370. The van der Waals surface area contributed by atoms with Gasteiger partial charge in [-0.15, -0.1) is 0 Å². The fourth-order valence-electron chi connectivity index (χ4n) is 5.92. The van der Waals surface area contributed by atoms with Gasteiger partial charge in [0.05, 0.1) is 48.9 Å². The van der Waals surface area contributed by atoms with E-state index < -0.39 is 24.0 Å². The number of nitrogens with zero attached hydrogens (tertiary/aromatic N) is 3. The zero-order valence-corrected chi connectivity index (χ0v) is 19.2. The highest BCUT2D eigenvalue weighted by Gasteiger charge is 2.44. The van der Waals surface area contributed by atoms with Crippen molar-refractivity contribution in [2.24, 2.45) is 0 Å². The zero-order chi connectivity index (χ0) is 24.5. The molecule has 0 spiro atoms. The van der Waals surface area contributed by atoms with E-state index in [4.69, 9.17) is 15.2 Å². The summed E-state index contributed by atoms with van der Waals surface area (Å²) in [5.41, 5.74) is 9.85. The summed E-state index contributed by atoms with van der Waals surface area (Å²) >= 11 is 0. The molecule has 4 aliphatic heterocycles. The van der Waals surface area contributed by atoms with E-state index in [1.807, 2.05) is 6.92 Å². The van der Waals surface area contributed by atoms with Gasteiger partial charge in [-0.2, -0.15) is 13.2 Å². The average Bonchev–Trinajstić information content (AvgIpc) is 3.24. The van der Waals surface area contributed by atoms with Crippen LogP contribution in [-0.4, -0.2) is 39.5 Å². The number of fused-ring (bicyclic) bond motifs is 6. The van der Waals surface area contributed by atoms with E-state index in [9.17, 15) is 18.0 Å². The first kappa shape index (κ1) is 22.7. The standard InChI is InChI=1S/C24H26F3N5O3/c1-11-20-14(9-34-11)13-7-15(29-8-16(13)31-22(20)28)23(33)32-6-2-3-18-21(32)12-4-5-19(24(25,26)27)30-17(12)10-35-18/h4-5,11,15,18,21,29H,2-3,6-10H2,1H3,(H2,28,31)/t11-,15-,18+,21+/m1/s1. The van der Waals surface area contributed by atoms with Gasteiger partial charge >= 0.3 is 6.18 Å². The predicted octanol–water partition coefficient (Wildman–Crippen LogP) is 2.95. The highest BCUT2D eigenvalue weighted by atomic mass is 19.4. The lowest BCUT2D eigenvalue weighted by atomic mass is 9.87. The number of hydrogen-bond donors (Lipinski definition) is 2. The van der Waals surface area contributed by atoms with Gasteiger partial charge in [0.1, 0.15) is 11.5 Å². The van der Waals surface area contributed by atoms with Gasteiger partial charge in [-0.25, -0.2) is 9.97 Å². The molecule has 4 aliphatic rings. The lowest BCUT2D eigenvalue weighted by Crippen LogP contribution is -2.55. The molecule has 3 N–H and O–H groups in total. The van der Waals surface area contributed by atoms with Crippen LogP contribution in [0.5, 0.6) is 0 Å². The summed E-state index contributed by atoms with van der Waals surface area (Å²) < 4.78 is 51.3. The third-order valence-corrected chi connectivity index (χ3v) is 7.59. The molecule has 1 fully saturated rings. The van der Waals surface area contributed by atoms with Crippen LogP contribution in [-0.2, 0) is 46.6 Å². The summed E-state index contributed by atoms with van der Waals surface area (Å²) in [6.07, 6.45) is -2.99. The number of anilines is 1. The van der Waals surface area contributed by atoms with Crippen LogP contribution in [0.15, 0.2) is 12.1 Å². The van der Waals surface area contributed by atoms with Gasteiger partial charge in [-0.3, -0.25) is 10.1 Å². The summed E-state index contributed by atoms with van der Waals surface area (Å²) in [7, 11) is 0. The normalized spacial score (nSPS) is 27.6. The Morgan fingerprint density at radius 3 is 2.80 bits per heavy atom. The number of rotatable bonds is 1. The number of halogens is 3. The van der Waals surface area contributed by atoms with E-state index >= 15 is 0 Å². The van der Waals surface area contributed by atoms with Gasteiger partial charge in [-0.05, 0) is 43.4 Å². The molecule has 0 saturated carbocycles. The van der Waals surface area contributed by atoms with Crippen molar-refractivity contribution in [2.45, 2.75) is 76.4 Å². The lowest BCUT2D eigenvalue weighted by Gasteiger charge is -2.45. The largest absolute Gasteiger partial charge is 0.433 e. The van der Waals surface area contributed by atoms with E-state index in [0.29, 0.717) is 37.5 Å². The van der Waals surface area contributed by atoms with Crippen LogP contribution in [0.4, 0.5) is 19.0 Å². The Labute approximate surface area is 200 Å². The molecule has 0 unspecified atom stereocenters. The molecular weight excluding hydrogens is 463 g/mol. The number of carbonyl (C=O) groups is 1. The highest BCUT2D eigenvalue weighted by molar-refractivity contribution is 5.83. The molecule has 186 valence electrons. The Morgan fingerprint density at radius 1 is 1.17 bits per heavy atom. The number of nitrogens with two attached hydrogens (primary N) is 1. The Hall–Kier alpha value is -2.76. The Kier molecular flexibility index (Phi) is 5.28. The van der Waals surface area contributed by atoms with Crippen LogP contribution >= 0.6 is 0 Å². The molecule has 11 heteroatoms. The Bertz CT molecular complexity index is 1200. The predicted molar refractivity (Wildman–Crippen MR) is 118 cm³/mol. The fourth-order valence-corrected chi connectivity index (χ4v) is 5.92. The van der Waals surface area contributed by atoms with Crippen molar-refractivity contribution >= 4 is 11.7 Å². The topological polar surface area (TPSA) is 103 Å². The van der Waals surface area contributed by atoms with Crippen LogP contribution in [0.1, 0.15) is 71.2 Å². The van der Waals surface area contributed by atoms with Crippen LogP contribution in [0.3, 0.4) is 0 Å². The van der Waals surface area contributed by atoms with E-state index in [-0.39, 0.29) is 30.4 Å². The minimum Gasteiger partial charge on any atom is -0.383 e. The van der Waals surface area contributed by atoms with Crippen LogP contribution in [0, 0.1) is 0 Å². The molecule has 0 aromatic carbocycles. The molecule has 8 nitrogen and oxygen atoms in total. The second-order valence-corrected chi connectivity index (χ2v) is 9.60. The molecule has 35 heavy (non-hydrogen) atoms. The van der Waals surface area contributed by atoms with Gasteiger partial charge < -0.3 is 20.1 Å². The molecule has 1 amide bonds. The smallest absolute Gasteiger partial charge is 0.383 e. The molecule has 0 aliphatic carbocycles. The summed E-state index contributed by atoms with van der Waals surface area (Å²) in [5, 5.41) is 3.30. The van der Waals surface area contributed by atoms with Gasteiger partial charge in [0.15, 0.2) is 0 Å². The molecule has 1 saturated heterocycles. The van der Waals surface area contributed by atoms with Crippen molar-refractivity contribution in [1.82, 2.24) is 20.2 Å². The Balaban J connectivity index is 1.30. The molecular formula is C24H26F3N5O3. The minimum absolute atomic E-state index is 0.00885. The number of ether oxygens (including phenoxy) is 2. The van der Waals surface area contributed by atoms with E-state index in [1.54, 1.807) is 4.90 Å². The molecule has 0 bridgehead atoms. The number of nitrogens with one attached hydrogen (secondary N) is 1. The maximum Gasteiger partial charge on any atom is 0.433 e. The van der Waals surface area contributed by atoms with Gasteiger partial charge in [0.2, 0.25) is 5.91 Å². The van der Waals surface area contributed by atoms with Crippen molar-refractivity contribution in [2.75, 3.05) is 12.3 Å². The van der Waals surface area contributed by atoms with Crippen molar-refractivity contribution in [3.05, 3.63) is 51.5 Å². The van der Waals surface area contributed by atoms with Crippen molar-refractivity contribution < 1.29 is 27.4 Å². The van der Waals surface area contributed by atoms with Crippen LogP contribution in [0.2, 0.25) is 0 Å². The minimum atomic E-state index is -4.54. The SMILES string of the molecule is C[C@H]1OCc2c3c(nc(N)c21)CN[C@@H](C(=O)N1CCC[C@@H]2OCc4nc(C(F)(F)F)ccc4[C@@H]21)C3. The quantitative estimate of drug-likeness (QED) is 0.635. The number of carbonyl (C=O) groups excluding carboxylic acids is 1. The van der Waals surface area contributed by atoms with Crippen LogP contribution < -0.4 is 11.1 Å². The number of likely N-dealkylation sites (tertiary alicyclic amines) is 1. The number of alkyl halides is 3. The average molecular weight is 489 g/mol. The third kappa shape index (κ3) is 3.68. The number of amides is 1. The van der Waals surface area contributed by atoms with Gasteiger partial charge in [-0.1, -0.05) is 6.07 Å². The monoisotopic (exact) mass is 489 g/mol. The summed E-state index contributed by atoms with van der Waals surface area (Å²) in [6.45, 7) is 3.30. The summed E-state index contributed by atoms with van der Waals surface area (Å²) in [6, 6.07) is 1.50. The van der Waals surface area contributed by atoms with Crippen molar-refractivity contribution in [3.63, 3.8) is 0 Å². The lowest BCUT2D eigenvalue weighted by molar-refractivity contribution is -0.148. The maximum absolute atomic E-state index is 13.8. The first-order valence-electron chi connectivity index (χ1n) is 11.9. The highest BCUT2D eigenvalue weighted by Crippen LogP contribution is 2.42. The number of piperidine rings is 1. The van der Waals surface area contributed by atoms with E-state index in [2.05, 4.69) is 15.3 Å². The zero-order valence-electron chi connectivity index (χ0n) is 19.2. The van der Waals surface area contributed by atoms with Crippen molar-refractivity contribution in [1.29, 1.82) is 0 Å². The second kappa shape index (κ2) is 8.14. The molecule has 6 rings (SSSR count). The fraction of sp³-hybridized carbons (Fsp3) is 0.542. The van der Waals surface area contributed by atoms with Crippen molar-refractivity contribution in [3.8, 4) is 0 Å². The molecule has 2 aromatic rings. The number of pyridine rings is 2. The van der Waals surface area contributed by atoms with Crippen LogP contribution in [0.25, 0.3) is 0 Å². The molecule has 6 heterocycles. The van der Waals surface area contributed by atoms with Gasteiger partial charge in [0.25, 0.3) is 0 Å². The third-order valence-electron chi connectivity index (χ3n) is 7.59. The molecule has 0 radical (unpaired) electrons. The van der Waals surface area contributed by atoms with E-state index in [0.717, 1.165) is 41.3 Å². The van der Waals surface area contributed by atoms with Gasteiger partial charge in [0, 0.05) is 24.2 Å². The maximum atomic E-state index is 13.8. The first-order valence-corrected chi connectivity index (χ1v) is 11.9. The second-order valence-electron chi connectivity index (χ2n) is 9.60. The number of nitrogen functional groups attached to an aromatic ring is 1. The number of aromatic nitrogens is 2.